The highest BCUT2D eigenvalue weighted by Gasteiger charge is 2.09. The monoisotopic (exact) mass is 309 g/mol. The van der Waals surface area contributed by atoms with Crippen LogP contribution in [0.2, 0.25) is 0 Å². The minimum absolute atomic E-state index is 0.0863. The zero-order chi connectivity index (χ0) is 15.9. The first kappa shape index (κ1) is 15.9. The third kappa shape index (κ3) is 4.51. The van der Waals surface area contributed by atoms with Crippen LogP contribution in [-0.4, -0.2) is 19.1 Å². The Kier molecular flexibility index (Phi) is 5.41. The predicted octanol–water partition coefficient (Wildman–Crippen LogP) is 3.40. The third-order valence-corrected chi connectivity index (χ3v) is 2.96. The van der Waals surface area contributed by atoms with Crippen LogP contribution >= 0.6 is 0 Å². The van der Waals surface area contributed by atoms with Crippen LogP contribution < -0.4 is 10.1 Å². The van der Waals surface area contributed by atoms with Gasteiger partial charge in [-0.2, -0.15) is 8.78 Å². The van der Waals surface area contributed by atoms with Crippen molar-refractivity contribution in [1.29, 1.82) is 0 Å². The van der Waals surface area contributed by atoms with Crippen LogP contribution in [0, 0.1) is 5.82 Å². The number of alkyl halides is 2. The lowest BCUT2D eigenvalue weighted by molar-refractivity contribution is -0.0498. The summed E-state index contributed by atoms with van der Waals surface area (Å²) in [6.45, 7) is -2.71. The molecule has 0 spiro atoms. The first-order valence-electron chi connectivity index (χ1n) is 6.63. The lowest BCUT2D eigenvalue weighted by Crippen LogP contribution is -2.25. The molecule has 0 aliphatic rings. The SMILES string of the molecule is O=C(NCCc1ccccc1F)c1cccc(OC(F)F)c1. The fourth-order valence-corrected chi connectivity index (χ4v) is 1.93. The van der Waals surface area contributed by atoms with Crippen molar-refractivity contribution < 1.29 is 22.7 Å². The van der Waals surface area contributed by atoms with E-state index in [1.54, 1.807) is 18.2 Å². The summed E-state index contributed by atoms with van der Waals surface area (Å²) in [5.74, 6) is -0.850. The molecule has 0 radical (unpaired) electrons. The summed E-state index contributed by atoms with van der Waals surface area (Å²) in [5.41, 5.74) is 0.698. The van der Waals surface area contributed by atoms with Gasteiger partial charge < -0.3 is 10.1 Å². The number of amides is 1. The maximum atomic E-state index is 13.4. The molecule has 2 aromatic rings. The molecule has 0 saturated carbocycles. The van der Waals surface area contributed by atoms with Gasteiger partial charge in [-0.3, -0.25) is 4.79 Å². The zero-order valence-electron chi connectivity index (χ0n) is 11.6. The molecule has 0 aliphatic heterocycles. The average Bonchev–Trinajstić information content (AvgIpc) is 2.48. The number of benzene rings is 2. The predicted molar refractivity (Wildman–Crippen MR) is 75.5 cm³/mol. The summed E-state index contributed by atoms with van der Waals surface area (Å²) in [6, 6.07) is 11.8. The quantitative estimate of drug-likeness (QED) is 0.888. The molecule has 1 N–H and O–H groups in total. The van der Waals surface area contributed by atoms with E-state index in [1.165, 1.54) is 30.3 Å². The van der Waals surface area contributed by atoms with Crippen LogP contribution in [-0.2, 0) is 6.42 Å². The lowest BCUT2D eigenvalue weighted by Gasteiger charge is -2.08. The van der Waals surface area contributed by atoms with E-state index in [9.17, 15) is 18.0 Å². The molecule has 0 aliphatic carbocycles. The number of hydrogen-bond donors (Lipinski definition) is 1. The number of hydrogen-bond acceptors (Lipinski definition) is 2. The van der Waals surface area contributed by atoms with Crippen molar-refractivity contribution in [3.63, 3.8) is 0 Å². The van der Waals surface area contributed by atoms with Crippen LogP contribution in [0.15, 0.2) is 48.5 Å². The fraction of sp³-hybridized carbons (Fsp3) is 0.188. The van der Waals surface area contributed by atoms with Crippen LogP contribution in [0.3, 0.4) is 0 Å². The molecule has 0 bridgehead atoms. The van der Waals surface area contributed by atoms with E-state index in [1.807, 2.05) is 0 Å². The molecule has 0 atom stereocenters. The molecular weight excluding hydrogens is 295 g/mol. The van der Waals surface area contributed by atoms with E-state index in [4.69, 9.17) is 0 Å². The first-order valence-corrected chi connectivity index (χ1v) is 6.63. The van der Waals surface area contributed by atoms with Gasteiger partial charge >= 0.3 is 6.61 Å². The Morgan fingerprint density at radius 2 is 1.91 bits per heavy atom. The Balaban J connectivity index is 1.91. The average molecular weight is 309 g/mol. The van der Waals surface area contributed by atoms with Gasteiger partial charge in [-0.05, 0) is 36.2 Å². The standard InChI is InChI=1S/C16H14F3NO2/c17-14-7-2-1-4-11(14)8-9-20-15(21)12-5-3-6-13(10-12)22-16(18)19/h1-7,10,16H,8-9H2,(H,20,21). The van der Waals surface area contributed by atoms with E-state index >= 15 is 0 Å². The molecule has 1 amide bonds. The van der Waals surface area contributed by atoms with Gasteiger partial charge in [-0.25, -0.2) is 4.39 Å². The topological polar surface area (TPSA) is 38.3 Å². The normalized spacial score (nSPS) is 10.5. The van der Waals surface area contributed by atoms with E-state index in [-0.39, 0.29) is 23.7 Å². The van der Waals surface area contributed by atoms with Crippen LogP contribution in [0.1, 0.15) is 15.9 Å². The number of carbonyl (C=O) groups is 1. The Morgan fingerprint density at radius 1 is 1.14 bits per heavy atom. The van der Waals surface area contributed by atoms with Gasteiger partial charge in [-0.15, -0.1) is 0 Å². The van der Waals surface area contributed by atoms with Crippen molar-refractivity contribution in [2.45, 2.75) is 13.0 Å². The Bertz CT molecular complexity index is 647. The summed E-state index contributed by atoms with van der Waals surface area (Å²) >= 11 is 0. The second kappa shape index (κ2) is 7.49. The number of halogens is 3. The molecule has 116 valence electrons. The van der Waals surface area contributed by atoms with Gasteiger partial charge in [0.25, 0.3) is 5.91 Å². The molecule has 0 saturated heterocycles. The van der Waals surface area contributed by atoms with E-state index < -0.39 is 12.5 Å². The van der Waals surface area contributed by atoms with Crippen LogP contribution in [0.5, 0.6) is 5.75 Å². The smallest absolute Gasteiger partial charge is 0.387 e. The van der Waals surface area contributed by atoms with E-state index in [2.05, 4.69) is 10.1 Å². The van der Waals surface area contributed by atoms with Crippen molar-refractivity contribution in [2.75, 3.05) is 6.54 Å². The number of ether oxygens (including phenoxy) is 1. The Morgan fingerprint density at radius 3 is 2.64 bits per heavy atom. The maximum Gasteiger partial charge on any atom is 0.387 e. The highest BCUT2D eigenvalue weighted by molar-refractivity contribution is 5.94. The van der Waals surface area contributed by atoms with Gasteiger partial charge in [-0.1, -0.05) is 24.3 Å². The summed E-state index contributed by atoms with van der Waals surface area (Å²) in [5, 5.41) is 2.61. The highest BCUT2D eigenvalue weighted by atomic mass is 19.3. The summed E-state index contributed by atoms with van der Waals surface area (Å²) in [7, 11) is 0. The molecule has 0 unspecified atom stereocenters. The molecule has 0 fully saturated rings. The van der Waals surface area contributed by atoms with Crippen molar-refractivity contribution >= 4 is 5.91 Å². The molecule has 0 aromatic heterocycles. The number of nitrogens with one attached hydrogen (secondary N) is 1. The van der Waals surface area contributed by atoms with Crippen LogP contribution in [0.25, 0.3) is 0 Å². The second-order valence-electron chi connectivity index (χ2n) is 4.50. The van der Waals surface area contributed by atoms with Crippen molar-refractivity contribution in [3.05, 3.63) is 65.5 Å². The lowest BCUT2D eigenvalue weighted by atomic mass is 10.1. The molecule has 0 heterocycles. The summed E-state index contributed by atoms with van der Waals surface area (Å²) < 4.78 is 41.9. The molecule has 6 heteroatoms. The largest absolute Gasteiger partial charge is 0.435 e. The Labute approximate surface area is 125 Å². The molecule has 2 rings (SSSR count). The fourth-order valence-electron chi connectivity index (χ4n) is 1.93. The summed E-state index contributed by atoms with van der Waals surface area (Å²) in [4.78, 5) is 11.9. The van der Waals surface area contributed by atoms with Crippen molar-refractivity contribution in [1.82, 2.24) is 5.32 Å². The zero-order valence-corrected chi connectivity index (χ0v) is 11.6. The van der Waals surface area contributed by atoms with Gasteiger partial charge in [0.1, 0.15) is 11.6 Å². The third-order valence-electron chi connectivity index (χ3n) is 2.96. The van der Waals surface area contributed by atoms with Gasteiger partial charge in [0.15, 0.2) is 0 Å². The van der Waals surface area contributed by atoms with Crippen molar-refractivity contribution in [2.24, 2.45) is 0 Å². The number of rotatable bonds is 6. The Hall–Kier alpha value is -2.50. The molecule has 2 aromatic carbocycles. The summed E-state index contributed by atoms with van der Waals surface area (Å²) in [6.07, 6.45) is 0.339. The minimum Gasteiger partial charge on any atom is -0.435 e. The maximum absolute atomic E-state index is 13.4. The molecular formula is C16H14F3NO2. The molecule has 22 heavy (non-hydrogen) atoms. The van der Waals surface area contributed by atoms with E-state index in [0.717, 1.165) is 0 Å². The van der Waals surface area contributed by atoms with Gasteiger partial charge in [0.05, 0.1) is 0 Å². The highest BCUT2D eigenvalue weighted by Crippen LogP contribution is 2.16. The number of carbonyl (C=O) groups excluding carboxylic acids is 1. The second-order valence-corrected chi connectivity index (χ2v) is 4.50. The minimum atomic E-state index is -2.95. The van der Waals surface area contributed by atoms with Gasteiger partial charge in [0, 0.05) is 12.1 Å². The van der Waals surface area contributed by atoms with E-state index in [0.29, 0.717) is 12.0 Å². The molecule has 3 nitrogen and oxygen atoms in total. The van der Waals surface area contributed by atoms with Gasteiger partial charge in [0.2, 0.25) is 0 Å². The first-order chi connectivity index (χ1) is 10.6. The van der Waals surface area contributed by atoms with Crippen molar-refractivity contribution in [3.8, 4) is 5.75 Å². The van der Waals surface area contributed by atoms with Crippen LogP contribution in [0.4, 0.5) is 13.2 Å².